The monoisotopic (exact) mass is 265 g/mol. The minimum absolute atomic E-state index is 0.184. The van der Waals surface area contributed by atoms with Crippen LogP contribution in [-0.2, 0) is 9.53 Å². The molecule has 18 heavy (non-hydrogen) atoms. The Morgan fingerprint density at radius 3 is 2.50 bits per heavy atom. The van der Waals surface area contributed by atoms with Crippen LogP contribution in [0.5, 0.6) is 0 Å². The van der Waals surface area contributed by atoms with Crippen LogP contribution in [0.15, 0.2) is 30.8 Å². The highest BCUT2D eigenvalue weighted by molar-refractivity contribution is 7.80. The van der Waals surface area contributed by atoms with Crippen LogP contribution >= 0.6 is 12.6 Å². The zero-order valence-electron chi connectivity index (χ0n) is 10.1. The molecule has 0 aromatic heterocycles. The average Bonchev–Trinajstić information content (AvgIpc) is 2.43. The molecular formula is C13H15NO3S. The molecule has 0 bridgehead atoms. The van der Waals surface area contributed by atoms with Crippen molar-refractivity contribution in [3.63, 3.8) is 0 Å². The van der Waals surface area contributed by atoms with E-state index in [9.17, 15) is 9.59 Å². The first kappa shape index (κ1) is 14.3. The van der Waals surface area contributed by atoms with Crippen LogP contribution < -0.4 is 5.32 Å². The molecule has 0 saturated heterocycles. The number of amides is 1. The van der Waals surface area contributed by atoms with Crippen LogP contribution in [0, 0.1) is 0 Å². The topological polar surface area (TPSA) is 55.4 Å². The zero-order valence-corrected chi connectivity index (χ0v) is 10.9. The first-order chi connectivity index (χ1) is 8.62. The van der Waals surface area contributed by atoms with Crippen LogP contribution in [0.25, 0.3) is 6.08 Å². The molecule has 0 radical (unpaired) electrons. The molecule has 0 saturated carbocycles. The first-order valence-corrected chi connectivity index (χ1v) is 5.97. The van der Waals surface area contributed by atoms with E-state index in [0.29, 0.717) is 5.56 Å². The molecule has 1 amide bonds. The van der Waals surface area contributed by atoms with E-state index in [1.54, 1.807) is 30.3 Å². The molecule has 0 fully saturated rings. The number of benzene rings is 1. The number of carbonyl (C=O) groups excluding carboxylic acids is 2. The Bertz CT molecular complexity index is 442. The van der Waals surface area contributed by atoms with Gasteiger partial charge in [0.05, 0.1) is 7.11 Å². The van der Waals surface area contributed by atoms with Crippen molar-refractivity contribution in [2.24, 2.45) is 0 Å². The maximum atomic E-state index is 11.9. The second kappa shape index (κ2) is 6.86. The third kappa shape index (κ3) is 3.63. The predicted molar refractivity (Wildman–Crippen MR) is 73.7 cm³/mol. The SMILES string of the molecule is C=Cc1ccc(C(=O)N[C@@H](CS)C(=O)OC)cc1. The van der Waals surface area contributed by atoms with Crippen molar-refractivity contribution >= 4 is 30.6 Å². The molecule has 4 nitrogen and oxygen atoms in total. The van der Waals surface area contributed by atoms with Gasteiger partial charge in [0.2, 0.25) is 0 Å². The van der Waals surface area contributed by atoms with Gasteiger partial charge in [-0.1, -0.05) is 24.8 Å². The van der Waals surface area contributed by atoms with Crippen molar-refractivity contribution in [3.8, 4) is 0 Å². The molecule has 1 aromatic carbocycles. The van der Waals surface area contributed by atoms with Gasteiger partial charge < -0.3 is 10.1 Å². The Hall–Kier alpha value is -1.75. The zero-order chi connectivity index (χ0) is 13.5. The van der Waals surface area contributed by atoms with Gasteiger partial charge in [0.15, 0.2) is 0 Å². The summed E-state index contributed by atoms with van der Waals surface area (Å²) < 4.78 is 4.56. The fourth-order valence-corrected chi connectivity index (χ4v) is 1.57. The average molecular weight is 265 g/mol. The number of hydrogen-bond acceptors (Lipinski definition) is 4. The van der Waals surface area contributed by atoms with E-state index in [-0.39, 0.29) is 11.7 Å². The first-order valence-electron chi connectivity index (χ1n) is 5.34. The summed E-state index contributed by atoms with van der Waals surface area (Å²) in [7, 11) is 1.27. The lowest BCUT2D eigenvalue weighted by atomic mass is 10.1. The smallest absolute Gasteiger partial charge is 0.329 e. The van der Waals surface area contributed by atoms with Gasteiger partial charge >= 0.3 is 5.97 Å². The van der Waals surface area contributed by atoms with Crippen LogP contribution in [0.1, 0.15) is 15.9 Å². The summed E-state index contributed by atoms with van der Waals surface area (Å²) in [5.41, 5.74) is 1.39. The van der Waals surface area contributed by atoms with Gasteiger partial charge in [-0.2, -0.15) is 12.6 Å². The number of thiol groups is 1. The molecule has 0 heterocycles. The lowest BCUT2D eigenvalue weighted by Gasteiger charge is -2.14. The molecule has 0 aliphatic carbocycles. The second-order valence-corrected chi connectivity index (χ2v) is 3.92. The molecule has 0 aliphatic rings. The molecule has 1 atom stereocenters. The van der Waals surface area contributed by atoms with Gasteiger partial charge in [-0.3, -0.25) is 4.79 Å². The van der Waals surface area contributed by atoms with Crippen LogP contribution in [0.2, 0.25) is 0 Å². The predicted octanol–water partition coefficient (Wildman–Crippen LogP) is 1.53. The fraction of sp³-hybridized carbons (Fsp3) is 0.231. The lowest BCUT2D eigenvalue weighted by Crippen LogP contribution is -2.42. The van der Waals surface area contributed by atoms with E-state index in [0.717, 1.165) is 5.56 Å². The summed E-state index contributed by atoms with van der Waals surface area (Å²) in [6, 6.07) is 6.13. The summed E-state index contributed by atoms with van der Waals surface area (Å²) in [6.45, 7) is 3.63. The summed E-state index contributed by atoms with van der Waals surface area (Å²) in [5.74, 6) is -0.667. The Balaban J connectivity index is 2.74. The van der Waals surface area contributed by atoms with Crippen molar-refractivity contribution in [2.45, 2.75) is 6.04 Å². The molecule has 0 spiro atoms. The van der Waals surface area contributed by atoms with E-state index < -0.39 is 12.0 Å². The van der Waals surface area contributed by atoms with E-state index in [2.05, 4.69) is 29.3 Å². The Morgan fingerprint density at radius 1 is 1.44 bits per heavy atom. The van der Waals surface area contributed by atoms with Crippen molar-refractivity contribution in [1.82, 2.24) is 5.32 Å². The van der Waals surface area contributed by atoms with Gasteiger partial charge in [0.25, 0.3) is 5.91 Å². The maximum absolute atomic E-state index is 11.9. The molecule has 1 aromatic rings. The second-order valence-electron chi connectivity index (χ2n) is 3.56. The number of carbonyl (C=O) groups is 2. The minimum atomic E-state index is -0.745. The number of esters is 1. The standard InChI is InChI=1S/C13H15NO3S/c1-3-9-4-6-10(7-5-9)12(15)14-11(8-18)13(16)17-2/h3-7,11,18H,1,8H2,2H3,(H,14,15)/t11-/m0/s1. The summed E-state index contributed by atoms with van der Waals surface area (Å²) in [4.78, 5) is 23.2. The van der Waals surface area contributed by atoms with E-state index in [1.807, 2.05) is 0 Å². The van der Waals surface area contributed by atoms with E-state index >= 15 is 0 Å². The van der Waals surface area contributed by atoms with Crippen LogP contribution in [0.4, 0.5) is 0 Å². The van der Waals surface area contributed by atoms with Crippen LogP contribution in [0.3, 0.4) is 0 Å². The summed E-state index contributed by atoms with van der Waals surface area (Å²) in [6.07, 6.45) is 1.69. The van der Waals surface area contributed by atoms with Gasteiger partial charge in [-0.25, -0.2) is 4.79 Å². The Labute approximate surface area is 111 Å². The maximum Gasteiger partial charge on any atom is 0.329 e. The minimum Gasteiger partial charge on any atom is -0.467 e. The Kier molecular flexibility index (Phi) is 5.45. The molecule has 1 N–H and O–H groups in total. The highest BCUT2D eigenvalue weighted by Gasteiger charge is 2.20. The number of hydrogen-bond donors (Lipinski definition) is 2. The Morgan fingerprint density at radius 2 is 2.06 bits per heavy atom. The van der Waals surface area contributed by atoms with Crippen molar-refractivity contribution in [2.75, 3.05) is 12.9 Å². The summed E-state index contributed by atoms with van der Waals surface area (Å²) >= 11 is 4.00. The van der Waals surface area contributed by atoms with Gasteiger partial charge in [0, 0.05) is 11.3 Å². The van der Waals surface area contributed by atoms with Crippen molar-refractivity contribution < 1.29 is 14.3 Å². The van der Waals surface area contributed by atoms with Crippen molar-refractivity contribution in [3.05, 3.63) is 42.0 Å². The van der Waals surface area contributed by atoms with E-state index in [4.69, 9.17) is 0 Å². The molecule has 5 heteroatoms. The highest BCUT2D eigenvalue weighted by Crippen LogP contribution is 2.06. The third-order valence-electron chi connectivity index (χ3n) is 2.38. The molecular weight excluding hydrogens is 250 g/mol. The lowest BCUT2D eigenvalue weighted by molar-refractivity contribution is -0.142. The molecule has 0 unspecified atom stereocenters. The number of rotatable bonds is 5. The van der Waals surface area contributed by atoms with Gasteiger partial charge in [0.1, 0.15) is 6.04 Å². The molecule has 1 rings (SSSR count). The van der Waals surface area contributed by atoms with E-state index in [1.165, 1.54) is 7.11 Å². The fourth-order valence-electron chi connectivity index (χ4n) is 1.33. The quantitative estimate of drug-likeness (QED) is 0.627. The summed E-state index contributed by atoms with van der Waals surface area (Å²) in [5, 5.41) is 2.56. The number of ether oxygens (including phenoxy) is 1. The molecule has 96 valence electrons. The van der Waals surface area contributed by atoms with Gasteiger partial charge in [-0.05, 0) is 17.7 Å². The third-order valence-corrected chi connectivity index (χ3v) is 2.75. The van der Waals surface area contributed by atoms with Crippen molar-refractivity contribution in [1.29, 1.82) is 0 Å². The largest absolute Gasteiger partial charge is 0.467 e. The van der Waals surface area contributed by atoms with Crippen LogP contribution in [-0.4, -0.2) is 30.8 Å². The number of nitrogens with one attached hydrogen (secondary N) is 1. The van der Waals surface area contributed by atoms with Gasteiger partial charge in [-0.15, -0.1) is 0 Å². The normalized spacial score (nSPS) is 11.4. The molecule has 0 aliphatic heterocycles. The highest BCUT2D eigenvalue weighted by atomic mass is 32.1. The number of methoxy groups -OCH3 is 1.